The van der Waals surface area contributed by atoms with Crippen LogP contribution in [0.5, 0.6) is 0 Å². The van der Waals surface area contributed by atoms with Gasteiger partial charge in [0.05, 0.1) is 6.61 Å². The zero-order valence-corrected chi connectivity index (χ0v) is 12.4. The van der Waals surface area contributed by atoms with Gasteiger partial charge in [0.25, 0.3) is 0 Å². The van der Waals surface area contributed by atoms with E-state index in [2.05, 4.69) is 52.3 Å². The number of aliphatic hydroxyl groups excluding tert-OH is 1. The van der Waals surface area contributed by atoms with Crippen molar-refractivity contribution in [3.05, 3.63) is 69.7 Å². The molecule has 3 heteroatoms. The third-order valence-corrected chi connectivity index (χ3v) is 4.26. The second-order valence-corrected chi connectivity index (χ2v) is 6.00. The number of rotatable bonds is 5. The van der Waals surface area contributed by atoms with Gasteiger partial charge in [-0.1, -0.05) is 52.3 Å². The molecule has 0 aliphatic heterocycles. The topological polar surface area (TPSA) is 20.2 Å². The fourth-order valence-corrected chi connectivity index (χ4v) is 2.83. The van der Waals surface area contributed by atoms with Gasteiger partial charge < -0.3 is 5.11 Å². The number of thioether (sulfide) groups is 1. The summed E-state index contributed by atoms with van der Waals surface area (Å²) in [5.41, 5.74) is 3.61. The predicted octanol–water partition coefficient (Wildman–Crippen LogP) is 4.37. The molecule has 1 nitrogen and oxygen atoms in total. The minimum absolute atomic E-state index is 0.117. The zero-order chi connectivity index (χ0) is 12.8. The number of halogens is 1. The fraction of sp³-hybridized carbons (Fsp3) is 0.200. The number of hydrogen-bond acceptors (Lipinski definition) is 2. The second kappa shape index (κ2) is 6.98. The lowest BCUT2D eigenvalue weighted by molar-refractivity contribution is 0.282. The lowest BCUT2D eigenvalue weighted by atomic mass is 10.2. The average Bonchev–Trinajstić information content (AvgIpc) is 2.42. The second-order valence-electron chi connectivity index (χ2n) is 4.09. The van der Waals surface area contributed by atoms with Gasteiger partial charge >= 0.3 is 0 Å². The van der Waals surface area contributed by atoms with Crippen LogP contribution in [0.25, 0.3) is 0 Å². The molecule has 0 amide bonds. The highest BCUT2D eigenvalue weighted by atomic mass is 79.9. The van der Waals surface area contributed by atoms with Crippen LogP contribution >= 0.6 is 27.7 Å². The van der Waals surface area contributed by atoms with Crippen LogP contribution in [0.15, 0.2) is 53.0 Å². The maximum atomic E-state index is 8.97. The van der Waals surface area contributed by atoms with Crippen molar-refractivity contribution in [1.29, 1.82) is 0 Å². The summed E-state index contributed by atoms with van der Waals surface area (Å²) in [6.07, 6.45) is 0. The van der Waals surface area contributed by atoms with Crippen LogP contribution in [0.4, 0.5) is 0 Å². The third-order valence-electron chi connectivity index (χ3n) is 2.66. The molecule has 0 unspecified atom stereocenters. The van der Waals surface area contributed by atoms with Gasteiger partial charge in [-0.15, -0.1) is 0 Å². The molecule has 2 rings (SSSR count). The Labute approximate surface area is 120 Å². The summed E-state index contributed by atoms with van der Waals surface area (Å²) in [5.74, 6) is 2.02. The van der Waals surface area contributed by atoms with E-state index in [4.69, 9.17) is 5.11 Å². The normalized spacial score (nSPS) is 10.6. The number of aliphatic hydroxyl groups is 1. The first kappa shape index (κ1) is 13.7. The summed E-state index contributed by atoms with van der Waals surface area (Å²) in [5, 5.41) is 8.97. The van der Waals surface area contributed by atoms with E-state index in [0.29, 0.717) is 0 Å². The van der Waals surface area contributed by atoms with E-state index in [9.17, 15) is 0 Å². The largest absolute Gasteiger partial charge is 0.392 e. The molecular weight excluding hydrogens is 308 g/mol. The van der Waals surface area contributed by atoms with Crippen LogP contribution in [0.2, 0.25) is 0 Å². The van der Waals surface area contributed by atoms with Crippen LogP contribution in [-0.4, -0.2) is 5.11 Å². The van der Waals surface area contributed by atoms with Crippen LogP contribution in [-0.2, 0) is 18.1 Å². The summed E-state index contributed by atoms with van der Waals surface area (Å²) in [6, 6.07) is 16.6. The Morgan fingerprint density at radius 1 is 0.778 bits per heavy atom. The van der Waals surface area contributed by atoms with Crippen LogP contribution in [0.1, 0.15) is 16.7 Å². The van der Waals surface area contributed by atoms with E-state index < -0.39 is 0 Å². The SMILES string of the molecule is OCc1ccc(CSCc2ccc(Br)cc2)cc1. The molecule has 94 valence electrons. The standard InChI is InChI=1S/C15H15BrOS/c16-15-7-5-14(6-8-15)11-18-10-13-3-1-12(9-17)2-4-13/h1-8,17H,9-11H2. The molecule has 0 spiro atoms. The van der Waals surface area contributed by atoms with Gasteiger partial charge in [-0.05, 0) is 28.8 Å². The molecule has 0 heterocycles. The highest BCUT2D eigenvalue weighted by Gasteiger charge is 1.97. The molecule has 0 bridgehead atoms. The minimum Gasteiger partial charge on any atom is -0.392 e. The van der Waals surface area contributed by atoms with Crippen molar-refractivity contribution in [1.82, 2.24) is 0 Å². The Hall–Kier alpha value is -0.770. The molecule has 0 saturated carbocycles. The minimum atomic E-state index is 0.117. The van der Waals surface area contributed by atoms with E-state index in [0.717, 1.165) is 21.5 Å². The Morgan fingerprint density at radius 2 is 1.22 bits per heavy atom. The highest BCUT2D eigenvalue weighted by molar-refractivity contribution is 9.10. The van der Waals surface area contributed by atoms with Crippen molar-refractivity contribution < 1.29 is 5.11 Å². The Kier molecular flexibility index (Phi) is 5.29. The summed E-state index contributed by atoms with van der Waals surface area (Å²) >= 11 is 5.34. The molecule has 0 atom stereocenters. The van der Waals surface area contributed by atoms with Gasteiger partial charge in [0, 0.05) is 16.0 Å². The number of hydrogen-bond donors (Lipinski definition) is 1. The zero-order valence-electron chi connectivity index (χ0n) is 9.97. The smallest absolute Gasteiger partial charge is 0.0681 e. The predicted molar refractivity (Wildman–Crippen MR) is 81.5 cm³/mol. The molecule has 2 aromatic carbocycles. The fourth-order valence-electron chi connectivity index (χ4n) is 1.61. The summed E-state index contributed by atoms with van der Waals surface area (Å²) in [6.45, 7) is 0.117. The molecule has 18 heavy (non-hydrogen) atoms. The third kappa shape index (κ3) is 4.16. The molecule has 0 radical (unpaired) electrons. The van der Waals surface area contributed by atoms with E-state index in [1.54, 1.807) is 0 Å². The molecule has 2 aromatic rings. The maximum absolute atomic E-state index is 8.97. The van der Waals surface area contributed by atoms with E-state index in [-0.39, 0.29) is 6.61 Å². The van der Waals surface area contributed by atoms with Crippen molar-refractivity contribution in [2.24, 2.45) is 0 Å². The van der Waals surface area contributed by atoms with E-state index in [1.807, 2.05) is 23.9 Å². The van der Waals surface area contributed by atoms with Gasteiger partial charge in [0.2, 0.25) is 0 Å². The van der Waals surface area contributed by atoms with Crippen molar-refractivity contribution in [3.63, 3.8) is 0 Å². The quantitative estimate of drug-likeness (QED) is 0.881. The van der Waals surface area contributed by atoms with Crippen LogP contribution in [0, 0.1) is 0 Å². The number of benzene rings is 2. The molecular formula is C15H15BrOS. The molecule has 0 aliphatic rings. The Bertz CT molecular complexity index is 479. The van der Waals surface area contributed by atoms with Gasteiger partial charge in [-0.25, -0.2) is 0 Å². The van der Waals surface area contributed by atoms with Gasteiger partial charge in [-0.3, -0.25) is 0 Å². The molecule has 0 aromatic heterocycles. The average molecular weight is 323 g/mol. The monoisotopic (exact) mass is 322 g/mol. The van der Waals surface area contributed by atoms with Gasteiger partial charge in [0.1, 0.15) is 0 Å². The van der Waals surface area contributed by atoms with E-state index >= 15 is 0 Å². The van der Waals surface area contributed by atoms with Crippen LogP contribution < -0.4 is 0 Å². The van der Waals surface area contributed by atoms with E-state index in [1.165, 1.54) is 11.1 Å². The first-order chi connectivity index (χ1) is 8.78. The lowest BCUT2D eigenvalue weighted by Crippen LogP contribution is -1.86. The molecule has 0 saturated heterocycles. The van der Waals surface area contributed by atoms with Crippen molar-refractivity contribution >= 4 is 27.7 Å². The van der Waals surface area contributed by atoms with Gasteiger partial charge in [-0.2, -0.15) is 11.8 Å². The Morgan fingerprint density at radius 3 is 1.72 bits per heavy atom. The highest BCUT2D eigenvalue weighted by Crippen LogP contribution is 2.19. The van der Waals surface area contributed by atoms with Crippen molar-refractivity contribution in [2.45, 2.75) is 18.1 Å². The summed E-state index contributed by atoms with van der Waals surface area (Å²) in [7, 11) is 0. The van der Waals surface area contributed by atoms with Crippen molar-refractivity contribution in [3.8, 4) is 0 Å². The maximum Gasteiger partial charge on any atom is 0.0681 e. The first-order valence-corrected chi connectivity index (χ1v) is 7.73. The Balaban J connectivity index is 1.82. The van der Waals surface area contributed by atoms with Crippen LogP contribution in [0.3, 0.4) is 0 Å². The molecule has 0 aliphatic carbocycles. The first-order valence-electron chi connectivity index (χ1n) is 5.79. The van der Waals surface area contributed by atoms with Gasteiger partial charge in [0.15, 0.2) is 0 Å². The summed E-state index contributed by atoms with van der Waals surface area (Å²) < 4.78 is 1.12. The lowest BCUT2D eigenvalue weighted by Gasteiger charge is -2.04. The molecule has 1 N–H and O–H groups in total. The van der Waals surface area contributed by atoms with Crippen molar-refractivity contribution in [2.75, 3.05) is 0 Å². The summed E-state index contributed by atoms with van der Waals surface area (Å²) in [4.78, 5) is 0. The molecule has 0 fully saturated rings.